The maximum Gasteiger partial charge on any atom is 0.437 e. The highest BCUT2D eigenvalue weighted by atomic mass is 35.5. The molecule has 8 nitrogen and oxygen atoms in total. The van der Waals surface area contributed by atoms with Crippen LogP contribution in [0, 0.1) is 11.8 Å². The average molecular weight is 599 g/mol. The monoisotopic (exact) mass is 597 g/mol. The van der Waals surface area contributed by atoms with E-state index in [9.17, 15) is 18.0 Å². The van der Waals surface area contributed by atoms with Crippen LogP contribution in [0.1, 0.15) is 50.9 Å². The first-order chi connectivity index (χ1) is 18.9. The Morgan fingerprint density at radius 1 is 1.18 bits per heavy atom. The summed E-state index contributed by atoms with van der Waals surface area (Å²) < 4.78 is 42.9. The van der Waals surface area contributed by atoms with Gasteiger partial charge in [0, 0.05) is 49.2 Å². The fraction of sp³-hybridized carbons (Fsp3) is 0.556. The zero-order chi connectivity index (χ0) is 28.8. The van der Waals surface area contributed by atoms with Gasteiger partial charge in [-0.3, -0.25) is 4.79 Å². The summed E-state index contributed by atoms with van der Waals surface area (Å²) in [7, 11) is 0. The quantitative estimate of drug-likeness (QED) is 0.391. The second kappa shape index (κ2) is 11.3. The van der Waals surface area contributed by atoms with Gasteiger partial charge in [0.05, 0.1) is 12.2 Å². The van der Waals surface area contributed by atoms with Gasteiger partial charge >= 0.3 is 6.18 Å². The molecule has 2 saturated heterocycles. The largest absolute Gasteiger partial charge is 0.437 e. The second-order valence-corrected chi connectivity index (χ2v) is 11.8. The standard InChI is InChI=1S/C27H32Cl2F3N7O/c1-15(34-17(3)40)11-37-8-4-5-18(12-37)19-13-38(14-19)23-10-33-24-25(27(30,31)32)36-39(26(24)35-23)16(2)21-7-6-20(28)9-22(21)29/h6-7,9-10,15-16,18-19H,4-5,8,11-14H2,1-3H3,(H,34,40). The molecular weight excluding hydrogens is 566 g/mol. The van der Waals surface area contributed by atoms with Crippen molar-refractivity contribution in [1.29, 1.82) is 0 Å². The van der Waals surface area contributed by atoms with E-state index in [0.29, 0.717) is 33.3 Å². The Morgan fingerprint density at radius 2 is 1.93 bits per heavy atom. The molecule has 13 heteroatoms. The number of nitrogens with one attached hydrogen (secondary N) is 1. The van der Waals surface area contributed by atoms with Crippen molar-refractivity contribution in [2.75, 3.05) is 37.6 Å². The summed E-state index contributed by atoms with van der Waals surface area (Å²) in [6.07, 6.45) is -1.04. The average Bonchev–Trinajstić information content (AvgIpc) is 3.22. The molecule has 2 aliphatic heterocycles. The normalized spacial score (nSPS) is 20.4. The minimum atomic E-state index is -4.69. The Kier molecular flexibility index (Phi) is 8.18. The van der Waals surface area contributed by atoms with Crippen molar-refractivity contribution < 1.29 is 18.0 Å². The number of rotatable bonds is 7. The van der Waals surface area contributed by atoms with E-state index < -0.39 is 17.9 Å². The molecule has 4 heterocycles. The smallest absolute Gasteiger partial charge is 0.355 e. The number of anilines is 1. The molecule has 0 aliphatic carbocycles. The Morgan fingerprint density at radius 3 is 2.60 bits per heavy atom. The Balaban J connectivity index is 1.34. The Labute approximate surface area is 240 Å². The van der Waals surface area contributed by atoms with Crippen LogP contribution in [0.2, 0.25) is 10.0 Å². The maximum absolute atomic E-state index is 13.9. The van der Waals surface area contributed by atoms with Gasteiger partial charge in [0.25, 0.3) is 0 Å². The zero-order valence-electron chi connectivity index (χ0n) is 22.5. The molecule has 0 saturated carbocycles. The van der Waals surface area contributed by atoms with Crippen LogP contribution in [0.5, 0.6) is 0 Å². The number of nitrogens with zero attached hydrogens (tertiary/aromatic N) is 6. The Bertz CT molecular complexity index is 1390. The van der Waals surface area contributed by atoms with Gasteiger partial charge in [0.15, 0.2) is 11.3 Å². The summed E-state index contributed by atoms with van der Waals surface area (Å²) in [5.74, 6) is 1.47. The van der Waals surface area contributed by atoms with Crippen LogP contribution in [-0.4, -0.2) is 69.3 Å². The van der Waals surface area contributed by atoms with Crippen LogP contribution in [0.25, 0.3) is 11.2 Å². The number of hydrogen-bond donors (Lipinski definition) is 1. The van der Waals surface area contributed by atoms with Gasteiger partial charge in [-0.05, 0) is 62.8 Å². The van der Waals surface area contributed by atoms with Crippen LogP contribution in [0.4, 0.5) is 19.0 Å². The number of benzene rings is 1. The molecule has 2 aliphatic rings. The molecule has 216 valence electrons. The summed E-state index contributed by atoms with van der Waals surface area (Å²) >= 11 is 12.4. The highest BCUT2D eigenvalue weighted by Crippen LogP contribution is 2.38. The van der Waals surface area contributed by atoms with Gasteiger partial charge < -0.3 is 15.1 Å². The first-order valence-corrected chi connectivity index (χ1v) is 14.2. The molecule has 1 aromatic carbocycles. The molecule has 5 rings (SSSR count). The van der Waals surface area contributed by atoms with Crippen LogP contribution in [-0.2, 0) is 11.0 Å². The minimum absolute atomic E-state index is 0.0249. The highest BCUT2D eigenvalue weighted by Gasteiger charge is 2.40. The van der Waals surface area contributed by atoms with E-state index in [1.807, 2.05) is 6.92 Å². The third kappa shape index (κ3) is 6.01. The number of aromatic nitrogens is 4. The highest BCUT2D eigenvalue weighted by molar-refractivity contribution is 6.35. The van der Waals surface area contributed by atoms with E-state index in [1.54, 1.807) is 25.1 Å². The van der Waals surface area contributed by atoms with Crippen LogP contribution < -0.4 is 10.2 Å². The van der Waals surface area contributed by atoms with Crippen LogP contribution >= 0.6 is 23.2 Å². The van der Waals surface area contributed by atoms with Crippen molar-refractivity contribution in [3.63, 3.8) is 0 Å². The van der Waals surface area contributed by atoms with Crippen molar-refractivity contribution in [3.05, 3.63) is 45.7 Å². The van der Waals surface area contributed by atoms with E-state index >= 15 is 0 Å². The summed E-state index contributed by atoms with van der Waals surface area (Å²) in [5.41, 5.74) is -0.727. The van der Waals surface area contributed by atoms with Crippen molar-refractivity contribution in [1.82, 2.24) is 30.0 Å². The number of halogens is 5. The number of alkyl halides is 3. The van der Waals surface area contributed by atoms with E-state index in [0.717, 1.165) is 45.6 Å². The fourth-order valence-electron chi connectivity index (χ4n) is 5.90. The molecule has 2 fully saturated rings. The molecule has 3 unspecified atom stereocenters. The number of carbonyl (C=O) groups is 1. The lowest BCUT2D eigenvalue weighted by molar-refractivity contribution is -0.140. The maximum atomic E-state index is 13.9. The molecule has 0 bridgehead atoms. The van der Waals surface area contributed by atoms with Crippen molar-refractivity contribution in [2.24, 2.45) is 11.8 Å². The summed E-state index contributed by atoms with van der Waals surface area (Å²) in [5, 5.41) is 7.62. The molecule has 3 atom stereocenters. The van der Waals surface area contributed by atoms with Gasteiger partial charge in [-0.2, -0.15) is 18.3 Å². The van der Waals surface area contributed by atoms with E-state index in [1.165, 1.54) is 17.8 Å². The molecular formula is C27H32Cl2F3N7O. The first-order valence-electron chi connectivity index (χ1n) is 13.4. The van der Waals surface area contributed by atoms with Gasteiger partial charge in [-0.1, -0.05) is 29.3 Å². The lowest BCUT2D eigenvalue weighted by Crippen LogP contribution is -2.54. The number of hydrogen-bond acceptors (Lipinski definition) is 6. The number of amides is 1. The van der Waals surface area contributed by atoms with Crippen molar-refractivity contribution >= 4 is 46.1 Å². The van der Waals surface area contributed by atoms with E-state index in [2.05, 4.69) is 30.2 Å². The van der Waals surface area contributed by atoms with Gasteiger partial charge in [0.2, 0.25) is 5.91 Å². The molecule has 0 radical (unpaired) electrons. The molecule has 40 heavy (non-hydrogen) atoms. The zero-order valence-corrected chi connectivity index (χ0v) is 24.1. The first kappa shape index (κ1) is 28.9. The fourth-order valence-corrected chi connectivity index (χ4v) is 6.47. The summed E-state index contributed by atoms with van der Waals surface area (Å²) in [6, 6.07) is 4.32. The molecule has 1 N–H and O–H groups in total. The SMILES string of the molecule is CC(=O)NC(C)CN1CCCC(C2CN(c3cnc4c(C(F)(F)F)nn(C(C)c5ccc(Cl)cc5Cl)c4n3)C2)C1. The van der Waals surface area contributed by atoms with Crippen LogP contribution in [0.3, 0.4) is 0 Å². The van der Waals surface area contributed by atoms with E-state index in [4.69, 9.17) is 23.2 Å². The number of piperidine rings is 1. The molecule has 0 spiro atoms. The van der Waals surface area contributed by atoms with E-state index in [-0.39, 0.29) is 23.1 Å². The predicted molar refractivity (Wildman–Crippen MR) is 149 cm³/mol. The topological polar surface area (TPSA) is 79.2 Å². The molecule has 2 aromatic heterocycles. The number of fused-ring (bicyclic) bond motifs is 1. The van der Waals surface area contributed by atoms with Crippen molar-refractivity contribution in [3.8, 4) is 0 Å². The van der Waals surface area contributed by atoms with Gasteiger partial charge in [0.1, 0.15) is 11.3 Å². The van der Waals surface area contributed by atoms with Gasteiger partial charge in [-0.25, -0.2) is 14.6 Å². The number of carbonyl (C=O) groups excluding carboxylic acids is 1. The molecule has 3 aromatic rings. The third-order valence-electron chi connectivity index (χ3n) is 7.86. The lowest BCUT2D eigenvalue weighted by atomic mass is 9.80. The van der Waals surface area contributed by atoms with Gasteiger partial charge in [-0.15, -0.1) is 0 Å². The minimum Gasteiger partial charge on any atom is -0.355 e. The summed E-state index contributed by atoms with van der Waals surface area (Å²) in [4.78, 5) is 24.6. The Hall–Kier alpha value is -2.63. The predicted octanol–water partition coefficient (Wildman–Crippen LogP) is 5.43. The third-order valence-corrected chi connectivity index (χ3v) is 8.42. The lowest BCUT2D eigenvalue weighted by Gasteiger charge is -2.47. The molecule has 1 amide bonds. The van der Waals surface area contributed by atoms with Crippen molar-refractivity contribution in [2.45, 2.75) is 51.9 Å². The second-order valence-electron chi connectivity index (χ2n) is 11.0. The van der Waals surface area contributed by atoms with Crippen LogP contribution in [0.15, 0.2) is 24.4 Å². The number of likely N-dealkylation sites (tertiary alicyclic amines) is 1. The summed E-state index contributed by atoms with van der Waals surface area (Å²) in [6.45, 7) is 9.59.